The Hall–Kier alpha value is -0.750. The Bertz CT molecular complexity index is 427. The predicted octanol–water partition coefficient (Wildman–Crippen LogP) is 2.06. The monoisotopic (exact) mass is 261 g/mol. The number of aliphatic hydroxyl groups excluding tert-OH is 1. The number of rotatable bonds is 2. The summed E-state index contributed by atoms with van der Waals surface area (Å²) in [5, 5.41) is 9.80. The number of ether oxygens (including phenoxy) is 2. The number of pyridine rings is 1. The lowest BCUT2D eigenvalue weighted by molar-refractivity contribution is -0.151. The van der Waals surface area contributed by atoms with Gasteiger partial charge in [-0.15, -0.1) is 0 Å². The third-order valence-corrected chi connectivity index (χ3v) is 2.82. The van der Waals surface area contributed by atoms with E-state index in [-0.39, 0.29) is 11.8 Å². The van der Waals surface area contributed by atoms with Crippen LogP contribution in [0.1, 0.15) is 25.5 Å². The summed E-state index contributed by atoms with van der Waals surface area (Å²) in [5.74, 6) is -1.40. The smallest absolute Gasteiger partial charge is 0.164 e. The van der Waals surface area contributed by atoms with Crippen LogP contribution in [-0.2, 0) is 9.47 Å². The van der Waals surface area contributed by atoms with E-state index in [9.17, 15) is 9.50 Å². The van der Waals surface area contributed by atoms with Crippen molar-refractivity contribution in [1.29, 1.82) is 0 Å². The highest BCUT2D eigenvalue weighted by Gasteiger charge is 2.37. The van der Waals surface area contributed by atoms with Crippen LogP contribution in [0.15, 0.2) is 12.3 Å². The molecule has 0 spiro atoms. The molecule has 1 aromatic heterocycles. The van der Waals surface area contributed by atoms with E-state index in [1.165, 1.54) is 6.20 Å². The van der Waals surface area contributed by atoms with Gasteiger partial charge in [-0.25, -0.2) is 9.37 Å². The summed E-state index contributed by atoms with van der Waals surface area (Å²) in [7, 11) is 0. The van der Waals surface area contributed by atoms with Gasteiger partial charge in [0, 0.05) is 11.8 Å². The third-order valence-electron chi connectivity index (χ3n) is 2.54. The molecular formula is C11H13ClFNO3. The quantitative estimate of drug-likeness (QED) is 0.828. The summed E-state index contributed by atoms with van der Waals surface area (Å²) >= 11 is 5.47. The molecule has 1 aromatic rings. The summed E-state index contributed by atoms with van der Waals surface area (Å²) in [4.78, 5) is 3.64. The van der Waals surface area contributed by atoms with E-state index in [1.807, 2.05) is 0 Å². The Kier molecular flexibility index (Phi) is 3.36. The maximum absolute atomic E-state index is 13.2. The fourth-order valence-corrected chi connectivity index (χ4v) is 1.79. The molecule has 6 heteroatoms. The molecule has 1 fully saturated rings. The van der Waals surface area contributed by atoms with Crippen molar-refractivity contribution >= 4 is 11.6 Å². The van der Waals surface area contributed by atoms with Crippen LogP contribution < -0.4 is 0 Å². The molecule has 2 atom stereocenters. The van der Waals surface area contributed by atoms with Crippen LogP contribution in [0.4, 0.5) is 4.39 Å². The zero-order valence-corrected chi connectivity index (χ0v) is 10.2. The SMILES string of the molecule is CC1(C)OCC(C(O)c2cnc(Cl)c(F)c2)O1. The molecule has 0 saturated carbocycles. The normalized spacial score (nSPS) is 24.9. The Morgan fingerprint density at radius 3 is 2.88 bits per heavy atom. The molecule has 4 nitrogen and oxygen atoms in total. The summed E-state index contributed by atoms with van der Waals surface area (Å²) in [6.07, 6.45) is -0.200. The van der Waals surface area contributed by atoms with Crippen molar-refractivity contribution in [2.75, 3.05) is 6.61 Å². The predicted molar refractivity (Wildman–Crippen MR) is 59.1 cm³/mol. The van der Waals surface area contributed by atoms with Crippen LogP contribution in [0.2, 0.25) is 5.15 Å². The summed E-state index contributed by atoms with van der Waals surface area (Å²) in [5.41, 5.74) is 0.318. The lowest BCUT2D eigenvalue weighted by Crippen LogP contribution is -2.25. The average Bonchev–Trinajstić information content (AvgIpc) is 2.62. The van der Waals surface area contributed by atoms with E-state index < -0.39 is 23.8 Å². The van der Waals surface area contributed by atoms with E-state index in [2.05, 4.69) is 4.98 Å². The first kappa shape index (κ1) is 12.7. The molecule has 2 rings (SSSR count). The molecular weight excluding hydrogens is 249 g/mol. The molecule has 2 unspecified atom stereocenters. The van der Waals surface area contributed by atoms with Crippen molar-refractivity contribution in [3.63, 3.8) is 0 Å². The average molecular weight is 262 g/mol. The van der Waals surface area contributed by atoms with E-state index in [0.29, 0.717) is 5.56 Å². The molecule has 0 aliphatic carbocycles. The van der Waals surface area contributed by atoms with Gasteiger partial charge in [0.05, 0.1) is 6.61 Å². The molecule has 0 amide bonds. The van der Waals surface area contributed by atoms with Gasteiger partial charge in [0.15, 0.2) is 16.8 Å². The maximum atomic E-state index is 13.2. The van der Waals surface area contributed by atoms with Crippen molar-refractivity contribution in [2.24, 2.45) is 0 Å². The van der Waals surface area contributed by atoms with Crippen molar-refractivity contribution in [2.45, 2.75) is 31.8 Å². The number of hydrogen-bond donors (Lipinski definition) is 1. The van der Waals surface area contributed by atoms with Gasteiger partial charge in [-0.2, -0.15) is 0 Å². The standard InChI is InChI=1S/C11H13ClFNO3/c1-11(2)16-5-8(17-11)9(15)6-3-7(13)10(12)14-4-6/h3-4,8-9,15H,5H2,1-2H3. The molecule has 2 heterocycles. The Morgan fingerprint density at radius 1 is 1.65 bits per heavy atom. The molecule has 1 N–H and O–H groups in total. The Labute approximate surface area is 103 Å². The lowest BCUT2D eigenvalue weighted by Gasteiger charge is -2.20. The molecule has 94 valence electrons. The van der Waals surface area contributed by atoms with Crippen molar-refractivity contribution < 1.29 is 19.0 Å². The van der Waals surface area contributed by atoms with Crippen LogP contribution >= 0.6 is 11.6 Å². The Morgan fingerprint density at radius 2 is 2.35 bits per heavy atom. The second-order valence-corrected chi connectivity index (χ2v) is 4.71. The summed E-state index contributed by atoms with van der Waals surface area (Å²) in [6.45, 7) is 3.75. The number of aliphatic hydroxyl groups is 1. The topological polar surface area (TPSA) is 51.6 Å². The molecule has 0 bridgehead atoms. The van der Waals surface area contributed by atoms with Crippen LogP contribution in [0, 0.1) is 5.82 Å². The highest BCUT2D eigenvalue weighted by molar-refractivity contribution is 6.29. The summed E-state index contributed by atoms with van der Waals surface area (Å²) < 4.78 is 24.0. The van der Waals surface area contributed by atoms with Gasteiger partial charge >= 0.3 is 0 Å². The zero-order chi connectivity index (χ0) is 12.6. The van der Waals surface area contributed by atoms with Crippen LogP contribution in [-0.4, -0.2) is 28.6 Å². The lowest BCUT2D eigenvalue weighted by atomic mass is 10.1. The van der Waals surface area contributed by atoms with Gasteiger partial charge in [-0.05, 0) is 19.9 Å². The van der Waals surface area contributed by atoms with E-state index in [4.69, 9.17) is 21.1 Å². The first-order valence-electron chi connectivity index (χ1n) is 5.20. The number of hydrogen-bond acceptors (Lipinski definition) is 4. The van der Waals surface area contributed by atoms with Crippen LogP contribution in [0.25, 0.3) is 0 Å². The van der Waals surface area contributed by atoms with Crippen LogP contribution in [0.3, 0.4) is 0 Å². The number of halogens is 2. The van der Waals surface area contributed by atoms with E-state index in [0.717, 1.165) is 6.07 Å². The highest BCUT2D eigenvalue weighted by atomic mass is 35.5. The minimum absolute atomic E-state index is 0.218. The zero-order valence-electron chi connectivity index (χ0n) is 9.48. The molecule has 1 aliphatic heterocycles. The fraction of sp³-hybridized carbons (Fsp3) is 0.545. The largest absolute Gasteiger partial charge is 0.386 e. The number of aromatic nitrogens is 1. The van der Waals surface area contributed by atoms with Gasteiger partial charge in [-0.1, -0.05) is 11.6 Å². The first-order valence-corrected chi connectivity index (χ1v) is 5.57. The summed E-state index contributed by atoms with van der Waals surface area (Å²) in [6, 6.07) is 1.15. The molecule has 0 radical (unpaired) electrons. The Balaban J connectivity index is 2.15. The fourth-order valence-electron chi connectivity index (χ4n) is 1.68. The highest BCUT2D eigenvalue weighted by Crippen LogP contribution is 2.31. The maximum Gasteiger partial charge on any atom is 0.164 e. The van der Waals surface area contributed by atoms with Gasteiger partial charge in [0.25, 0.3) is 0 Å². The van der Waals surface area contributed by atoms with Crippen molar-refractivity contribution in [3.05, 3.63) is 28.8 Å². The van der Waals surface area contributed by atoms with E-state index in [1.54, 1.807) is 13.8 Å². The minimum atomic E-state index is -0.990. The van der Waals surface area contributed by atoms with Gasteiger partial charge in [0.1, 0.15) is 12.2 Å². The van der Waals surface area contributed by atoms with Crippen molar-refractivity contribution in [1.82, 2.24) is 4.98 Å². The minimum Gasteiger partial charge on any atom is -0.386 e. The van der Waals surface area contributed by atoms with Crippen molar-refractivity contribution in [3.8, 4) is 0 Å². The second-order valence-electron chi connectivity index (χ2n) is 4.35. The third kappa shape index (κ3) is 2.74. The van der Waals surface area contributed by atoms with Gasteiger partial charge in [0.2, 0.25) is 0 Å². The van der Waals surface area contributed by atoms with E-state index >= 15 is 0 Å². The molecule has 1 aliphatic rings. The van der Waals surface area contributed by atoms with Gasteiger partial charge < -0.3 is 14.6 Å². The first-order chi connectivity index (χ1) is 7.89. The van der Waals surface area contributed by atoms with Crippen LogP contribution in [0.5, 0.6) is 0 Å². The molecule has 1 saturated heterocycles. The second kappa shape index (κ2) is 4.49. The number of nitrogens with zero attached hydrogens (tertiary/aromatic N) is 1. The van der Waals surface area contributed by atoms with Gasteiger partial charge in [-0.3, -0.25) is 0 Å². The molecule has 17 heavy (non-hydrogen) atoms. The molecule has 0 aromatic carbocycles.